The lowest BCUT2D eigenvalue weighted by Gasteiger charge is -2.01. The second-order valence-corrected chi connectivity index (χ2v) is 3.61. The van der Waals surface area contributed by atoms with Crippen molar-refractivity contribution >= 4 is 21.6 Å². The number of nitro benzene ring substituents is 1. The Bertz CT molecular complexity index is 343. The maximum atomic E-state index is 10.5. The number of non-ortho nitro benzene ring substituents is 1. The first-order chi connectivity index (χ1) is 6.63. The number of benzene rings is 1. The van der Waals surface area contributed by atoms with E-state index in [4.69, 9.17) is 5.90 Å². The van der Waals surface area contributed by atoms with Gasteiger partial charge in [0, 0.05) is 16.6 Å². The second kappa shape index (κ2) is 5.04. The topological polar surface area (TPSA) is 78.4 Å². The summed E-state index contributed by atoms with van der Waals surface area (Å²) in [7, 11) is 0. The van der Waals surface area contributed by atoms with Gasteiger partial charge < -0.3 is 4.84 Å². The Balaban J connectivity index is 2.89. The van der Waals surface area contributed by atoms with Crippen molar-refractivity contribution in [3.63, 3.8) is 0 Å². The third-order valence-corrected chi connectivity index (χ3v) is 2.12. The van der Waals surface area contributed by atoms with Crippen molar-refractivity contribution < 1.29 is 9.76 Å². The third-order valence-electron chi connectivity index (χ3n) is 1.66. The molecule has 1 rings (SSSR count). The summed E-state index contributed by atoms with van der Waals surface area (Å²) in [5.74, 6) is 4.87. The van der Waals surface area contributed by atoms with Gasteiger partial charge in [-0.2, -0.15) is 0 Å². The highest BCUT2D eigenvalue weighted by Crippen LogP contribution is 2.21. The van der Waals surface area contributed by atoms with Crippen LogP contribution in [0.1, 0.15) is 5.56 Å². The average molecular weight is 261 g/mol. The molecule has 0 aromatic heterocycles. The number of hydrogen-bond donors (Lipinski definition) is 1. The van der Waals surface area contributed by atoms with E-state index in [9.17, 15) is 10.1 Å². The van der Waals surface area contributed by atoms with Crippen molar-refractivity contribution in [2.24, 2.45) is 5.90 Å². The molecule has 0 atom stereocenters. The zero-order chi connectivity index (χ0) is 10.6. The van der Waals surface area contributed by atoms with Gasteiger partial charge in [-0.3, -0.25) is 10.1 Å². The molecule has 0 aliphatic rings. The SMILES string of the molecule is NOCCc1cc(Br)cc([N+](=O)[O-])c1. The molecule has 0 spiro atoms. The van der Waals surface area contributed by atoms with Gasteiger partial charge in [0.2, 0.25) is 0 Å². The second-order valence-electron chi connectivity index (χ2n) is 2.70. The minimum Gasteiger partial charge on any atom is -0.304 e. The minimum absolute atomic E-state index is 0.0615. The molecule has 0 bridgehead atoms. The Morgan fingerprint density at radius 2 is 2.21 bits per heavy atom. The van der Waals surface area contributed by atoms with Crippen LogP contribution in [-0.4, -0.2) is 11.5 Å². The summed E-state index contributed by atoms with van der Waals surface area (Å²) in [4.78, 5) is 14.5. The summed E-state index contributed by atoms with van der Waals surface area (Å²) < 4.78 is 0.679. The lowest BCUT2D eigenvalue weighted by molar-refractivity contribution is -0.385. The van der Waals surface area contributed by atoms with E-state index in [-0.39, 0.29) is 5.69 Å². The van der Waals surface area contributed by atoms with Crippen molar-refractivity contribution in [3.8, 4) is 0 Å². The largest absolute Gasteiger partial charge is 0.304 e. The van der Waals surface area contributed by atoms with Gasteiger partial charge in [-0.1, -0.05) is 15.9 Å². The molecule has 1 aromatic carbocycles. The van der Waals surface area contributed by atoms with E-state index >= 15 is 0 Å². The number of nitro groups is 1. The van der Waals surface area contributed by atoms with Crippen LogP contribution in [0.5, 0.6) is 0 Å². The predicted molar refractivity (Wildman–Crippen MR) is 54.6 cm³/mol. The molecule has 0 unspecified atom stereocenters. The number of nitrogens with zero attached hydrogens (tertiary/aromatic N) is 1. The molecular formula is C8H9BrN2O3. The van der Waals surface area contributed by atoms with Crippen LogP contribution in [0.15, 0.2) is 22.7 Å². The molecule has 6 heteroatoms. The van der Waals surface area contributed by atoms with Crippen LogP contribution < -0.4 is 5.90 Å². The molecule has 0 aliphatic heterocycles. The van der Waals surface area contributed by atoms with E-state index in [0.29, 0.717) is 17.5 Å². The smallest absolute Gasteiger partial charge is 0.270 e. The minimum atomic E-state index is -0.433. The summed E-state index contributed by atoms with van der Waals surface area (Å²) in [6, 6.07) is 4.75. The van der Waals surface area contributed by atoms with Gasteiger partial charge in [0.15, 0.2) is 0 Å². The van der Waals surface area contributed by atoms with E-state index in [1.807, 2.05) is 0 Å². The molecule has 0 radical (unpaired) electrons. The van der Waals surface area contributed by atoms with E-state index in [1.54, 1.807) is 6.07 Å². The molecular weight excluding hydrogens is 252 g/mol. The third kappa shape index (κ3) is 3.06. The number of halogens is 1. The molecule has 0 saturated carbocycles. The quantitative estimate of drug-likeness (QED) is 0.662. The van der Waals surface area contributed by atoms with Gasteiger partial charge in [-0.25, -0.2) is 5.90 Å². The summed E-state index contributed by atoms with van der Waals surface area (Å²) in [6.45, 7) is 0.341. The van der Waals surface area contributed by atoms with Gasteiger partial charge in [-0.05, 0) is 18.1 Å². The Morgan fingerprint density at radius 1 is 1.50 bits per heavy atom. The zero-order valence-corrected chi connectivity index (χ0v) is 8.86. The predicted octanol–water partition coefficient (Wildman–Crippen LogP) is 1.79. The van der Waals surface area contributed by atoms with Crippen LogP contribution in [0.2, 0.25) is 0 Å². The molecule has 76 valence electrons. The Hall–Kier alpha value is -0.980. The summed E-state index contributed by atoms with van der Waals surface area (Å²) in [5.41, 5.74) is 0.878. The maximum Gasteiger partial charge on any atom is 0.270 e. The molecule has 0 saturated heterocycles. The molecule has 0 amide bonds. The van der Waals surface area contributed by atoms with Crippen LogP contribution >= 0.6 is 15.9 Å². The van der Waals surface area contributed by atoms with Crippen LogP contribution in [0.25, 0.3) is 0 Å². The molecule has 0 heterocycles. The lowest BCUT2D eigenvalue weighted by Crippen LogP contribution is -2.04. The fourth-order valence-electron chi connectivity index (χ4n) is 1.06. The van der Waals surface area contributed by atoms with Crippen molar-refractivity contribution in [2.75, 3.05) is 6.61 Å². The highest BCUT2D eigenvalue weighted by atomic mass is 79.9. The number of nitrogens with two attached hydrogens (primary N) is 1. The highest BCUT2D eigenvalue weighted by Gasteiger charge is 2.08. The summed E-state index contributed by atoms with van der Waals surface area (Å²) >= 11 is 3.20. The monoisotopic (exact) mass is 260 g/mol. The molecule has 5 nitrogen and oxygen atoms in total. The van der Waals surface area contributed by atoms with Gasteiger partial charge in [0.05, 0.1) is 11.5 Å². The Kier molecular flexibility index (Phi) is 3.99. The first-order valence-corrected chi connectivity index (χ1v) is 4.68. The van der Waals surface area contributed by atoms with Gasteiger partial charge in [0.1, 0.15) is 0 Å². The fourth-order valence-corrected chi connectivity index (χ4v) is 1.59. The standard InChI is InChI=1S/C8H9BrN2O3/c9-7-3-6(1-2-14-10)4-8(5-7)11(12)13/h3-5H,1-2,10H2. The van der Waals surface area contributed by atoms with E-state index in [1.165, 1.54) is 12.1 Å². The van der Waals surface area contributed by atoms with Crippen LogP contribution in [0, 0.1) is 10.1 Å². The average Bonchev–Trinajstić information content (AvgIpc) is 2.14. The molecule has 0 fully saturated rings. The Labute approximate surface area is 89.1 Å². The van der Waals surface area contributed by atoms with Crippen molar-refractivity contribution in [1.29, 1.82) is 0 Å². The fraction of sp³-hybridized carbons (Fsp3) is 0.250. The first-order valence-electron chi connectivity index (χ1n) is 3.89. The highest BCUT2D eigenvalue weighted by molar-refractivity contribution is 9.10. The molecule has 14 heavy (non-hydrogen) atoms. The first kappa shape index (κ1) is 11.1. The van der Waals surface area contributed by atoms with E-state index < -0.39 is 4.92 Å². The van der Waals surface area contributed by atoms with E-state index in [0.717, 1.165) is 5.56 Å². The Morgan fingerprint density at radius 3 is 2.79 bits per heavy atom. The van der Waals surface area contributed by atoms with Gasteiger partial charge in [-0.15, -0.1) is 0 Å². The zero-order valence-electron chi connectivity index (χ0n) is 7.27. The van der Waals surface area contributed by atoms with Gasteiger partial charge >= 0.3 is 0 Å². The van der Waals surface area contributed by atoms with E-state index in [2.05, 4.69) is 20.8 Å². The van der Waals surface area contributed by atoms with Crippen LogP contribution in [0.3, 0.4) is 0 Å². The maximum absolute atomic E-state index is 10.5. The molecule has 0 aliphatic carbocycles. The lowest BCUT2D eigenvalue weighted by atomic mass is 10.1. The number of hydrogen-bond acceptors (Lipinski definition) is 4. The van der Waals surface area contributed by atoms with Gasteiger partial charge in [0.25, 0.3) is 5.69 Å². The van der Waals surface area contributed by atoms with Crippen molar-refractivity contribution in [2.45, 2.75) is 6.42 Å². The van der Waals surface area contributed by atoms with Crippen LogP contribution in [-0.2, 0) is 11.3 Å². The summed E-state index contributed by atoms with van der Waals surface area (Å²) in [6.07, 6.45) is 0.552. The normalized spacial score (nSPS) is 10.1. The molecule has 1 aromatic rings. The summed E-state index contributed by atoms with van der Waals surface area (Å²) in [5, 5.41) is 10.5. The number of rotatable bonds is 4. The van der Waals surface area contributed by atoms with Crippen molar-refractivity contribution in [1.82, 2.24) is 0 Å². The van der Waals surface area contributed by atoms with Crippen molar-refractivity contribution in [3.05, 3.63) is 38.3 Å². The molecule has 2 N–H and O–H groups in total. The van der Waals surface area contributed by atoms with Crippen LogP contribution in [0.4, 0.5) is 5.69 Å².